The Morgan fingerprint density at radius 1 is 1.35 bits per heavy atom. The Bertz CT molecular complexity index is 422. The van der Waals surface area contributed by atoms with Gasteiger partial charge >= 0.3 is 5.97 Å². The van der Waals surface area contributed by atoms with Gasteiger partial charge in [-0.2, -0.15) is 12.6 Å². The van der Waals surface area contributed by atoms with E-state index in [0.717, 1.165) is 0 Å². The maximum atomic E-state index is 11.7. The highest BCUT2D eigenvalue weighted by molar-refractivity contribution is 7.80. The molecule has 0 aliphatic rings. The summed E-state index contributed by atoms with van der Waals surface area (Å²) in [6, 6.07) is 4.95. The molecule has 1 aromatic rings. The fourth-order valence-corrected chi connectivity index (χ4v) is 1.55. The number of thiol groups is 1. The van der Waals surface area contributed by atoms with Crippen molar-refractivity contribution < 1.29 is 19.8 Å². The van der Waals surface area contributed by atoms with Gasteiger partial charge in [-0.25, -0.2) is 4.79 Å². The predicted molar refractivity (Wildman–Crippen MR) is 65.5 cm³/mol. The van der Waals surface area contributed by atoms with Crippen LogP contribution in [0.1, 0.15) is 16.8 Å². The molecule has 0 aliphatic heterocycles. The number of hydrogen-bond acceptors (Lipinski definition) is 4. The smallest absolute Gasteiger partial charge is 0.326 e. The Balaban J connectivity index is 2.77. The minimum absolute atomic E-state index is 0.0536. The molecule has 0 spiro atoms. The lowest BCUT2D eigenvalue weighted by Gasteiger charge is -2.13. The number of carbonyl (C=O) groups is 2. The number of phenolic OH excluding ortho intramolecular Hbond substituents is 1. The number of rotatable bonds is 5. The minimum Gasteiger partial charge on any atom is -0.507 e. The third-order valence-corrected chi connectivity index (χ3v) is 2.43. The number of amides is 1. The van der Waals surface area contributed by atoms with Crippen LogP contribution in [0, 0.1) is 0 Å². The van der Waals surface area contributed by atoms with Crippen molar-refractivity contribution in [2.45, 2.75) is 12.5 Å². The molecule has 92 valence electrons. The molecule has 0 saturated heterocycles. The molecule has 6 heteroatoms. The Hall–Kier alpha value is -1.69. The molecule has 0 unspecified atom stereocenters. The highest BCUT2D eigenvalue weighted by atomic mass is 32.1. The van der Waals surface area contributed by atoms with E-state index in [2.05, 4.69) is 17.9 Å². The summed E-state index contributed by atoms with van der Waals surface area (Å²) >= 11 is 3.92. The van der Waals surface area contributed by atoms with E-state index in [-0.39, 0.29) is 17.7 Å². The summed E-state index contributed by atoms with van der Waals surface area (Å²) in [5.74, 6) is -1.57. The van der Waals surface area contributed by atoms with Gasteiger partial charge in [0.1, 0.15) is 11.8 Å². The summed E-state index contributed by atoms with van der Waals surface area (Å²) in [6.45, 7) is 0. The maximum Gasteiger partial charge on any atom is 0.326 e. The van der Waals surface area contributed by atoms with Crippen LogP contribution in [0.4, 0.5) is 0 Å². The number of aliphatic carboxylic acids is 1. The molecular formula is C11H13NO4S. The van der Waals surface area contributed by atoms with Gasteiger partial charge in [0.15, 0.2) is 0 Å². The highest BCUT2D eigenvalue weighted by Gasteiger charge is 2.20. The summed E-state index contributed by atoms with van der Waals surface area (Å²) in [7, 11) is 0. The van der Waals surface area contributed by atoms with Crippen molar-refractivity contribution in [1.82, 2.24) is 5.32 Å². The molecule has 1 aromatic carbocycles. The van der Waals surface area contributed by atoms with E-state index in [1.54, 1.807) is 12.1 Å². The number of carbonyl (C=O) groups excluding carboxylic acids is 1. The van der Waals surface area contributed by atoms with Gasteiger partial charge in [-0.05, 0) is 24.3 Å². The first-order valence-electron chi connectivity index (χ1n) is 4.98. The molecule has 5 nitrogen and oxygen atoms in total. The SMILES string of the molecule is O=C(N[C@@H](CCS)C(=O)O)c1ccccc1O. The zero-order valence-corrected chi connectivity index (χ0v) is 9.85. The molecule has 0 heterocycles. The van der Waals surface area contributed by atoms with E-state index in [1.807, 2.05) is 0 Å². The fraction of sp³-hybridized carbons (Fsp3) is 0.273. The molecule has 1 amide bonds. The van der Waals surface area contributed by atoms with Crippen LogP contribution in [-0.2, 0) is 4.79 Å². The molecule has 0 saturated carbocycles. The first-order valence-corrected chi connectivity index (χ1v) is 5.62. The standard InChI is InChI=1S/C11H13NO4S/c13-9-4-2-1-3-7(9)10(14)12-8(5-6-17)11(15)16/h1-4,8,13,17H,5-6H2,(H,12,14)(H,15,16)/t8-/m0/s1. The van der Waals surface area contributed by atoms with Crippen molar-refractivity contribution in [3.05, 3.63) is 29.8 Å². The number of hydrogen-bond donors (Lipinski definition) is 4. The summed E-state index contributed by atoms with van der Waals surface area (Å²) in [4.78, 5) is 22.5. The van der Waals surface area contributed by atoms with Crippen molar-refractivity contribution in [3.63, 3.8) is 0 Å². The van der Waals surface area contributed by atoms with Gasteiger partial charge in [0.05, 0.1) is 5.56 Å². The molecule has 0 aromatic heterocycles. The predicted octanol–water partition coefficient (Wildman–Crippen LogP) is 0.895. The zero-order chi connectivity index (χ0) is 12.8. The van der Waals surface area contributed by atoms with Crippen LogP contribution in [-0.4, -0.2) is 33.9 Å². The summed E-state index contributed by atoms with van der Waals surface area (Å²) in [5, 5.41) is 20.6. The van der Waals surface area contributed by atoms with E-state index in [0.29, 0.717) is 5.75 Å². The van der Waals surface area contributed by atoms with Gasteiger partial charge in [-0.15, -0.1) is 0 Å². The van der Waals surface area contributed by atoms with Crippen LogP contribution in [0.5, 0.6) is 5.75 Å². The van der Waals surface area contributed by atoms with E-state index in [1.165, 1.54) is 12.1 Å². The van der Waals surface area contributed by atoms with E-state index in [4.69, 9.17) is 5.11 Å². The lowest BCUT2D eigenvalue weighted by molar-refractivity contribution is -0.139. The quantitative estimate of drug-likeness (QED) is 0.589. The second kappa shape index (κ2) is 6.15. The van der Waals surface area contributed by atoms with Crippen LogP contribution >= 0.6 is 12.6 Å². The van der Waals surface area contributed by atoms with Crippen molar-refractivity contribution in [3.8, 4) is 5.75 Å². The number of phenols is 1. The number of benzene rings is 1. The number of carboxylic acid groups (broad SMARTS) is 1. The molecule has 0 radical (unpaired) electrons. The molecule has 0 aliphatic carbocycles. The molecule has 0 bridgehead atoms. The molecular weight excluding hydrogens is 242 g/mol. The van der Waals surface area contributed by atoms with E-state index < -0.39 is 17.9 Å². The van der Waals surface area contributed by atoms with Gasteiger partial charge in [-0.3, -0.25) is 4.79 Å². The maximum absolute atomic E-state index is 11.7. The first-order chi connectivity index (χ1) is 8.06. The lowest BCUT2D eigenvalue weighted by Crippen LogP contribution is -2.41. The molecule has 1 rings (SSSR count). The normalized spacial score (nSPS) is 11.8. The topological polar surface area (TPSA) is 86.6 Å². The monoisotopic (exact) mass is 255 g/mol. The van der Waals surface area contributed by atoms with Gasteiger partial charge in [0.25, 0.3) is 5.91 Å². The second-order valence-electron chi connectivity index (χ2n) is 3.39. The second-order valence-corrected chi connectivity index (χ2v) is 3.84. The van der Waals surface area contributed by atoms with Crippen molar-refractivity contribution >= 4 is 24.5 Å². The van der Waals surface area contributed by atoms with E-state index >= 15 is 0 Å². The average Bonchev–Trinajstić information content (AvgIpc) is 2.28. The van der Waals surface area contributed by atoms with Crippen molar-refractivity contribution in [2.75, 3.05) is 5.75 Å². The third-order valence-electron chi connectivity index (χ3n) is 2.17. The van der Waals surface area contributed by atoms with Gasteiger partial charge < -0.3 is 15.5 Å². The summed E-state index contributed by atoms with van der Waals surface area (Å²) in [5.41, 5.74) is 0.0536. The van der Waals surface area contributed by atoms with Crippen LogP contribution in [0.2, 0.25) is 0 Å². The number of carboxylic acids is 1. The number of aromatic hydroxyl groups is 1. The summed E-state index contributed by atoms with van der Waals surface area (Å²) in [6.07, 6.45) is 0.220. The largest absolute Gasteiger partial charge is 0.507 e. The van der Waals surface area contributed by atoms with Gasteiger partial charge in [-0.1, -0.05) is 12.1 Å². The Kier molecular flexibility index (Phi) is 4.84. The molecule has 1 atom stereocenters. The van der Waals surface area contributed by atoms with Crippen LogP contribution < -0.4 is 5.32 Å². The Morgan fingerprint density at radius 2 is 2.00 bits per heavy atom. The lowest BCUT2D eigenvalue weighted by atomic mass is 10.1. The average molecular weight is 255 g/mol. The van der Waals surface area contributed by atoms with Gasteiger partial charge in [0, 0.05) is 0 Å². The Labute approximate surface area is 104 Å². The van der Waals surface area contributed by atoms with Crippen molar-refractivity contribution in [2.24, 2.45) is 0 Å². The van der Waals surface area contributed by atoms with Gasteiger partial charge in [0.2, 0.25) is 0 Å². The third kappa shape index (κ3) is 3.67. The fourth-order valence-electron chi connectivity index (χ4n) is 1.29. The number of nitrogens with one attached hydrogen (secondary N) is 1. The summed E-state index contributed by atoms with van der Waals surface area (Å²) < 4.78 is 0. The number of para-hydroxylation sites is 1. The van der Waals surface area contributed by atoms with Crippen LogP contribution in [0.15, 0.2) is 24.3 Å². The molecule has 3 N–H and O–H groups in total. The van der Waals surface area contributed by atoms with E-state index in [9.17, 15) is 14.7 Å². The highest BCUT2D eigenvalue weighted by Crippen LogP contribution is 2.15. The molecule has 17 heavy (non-hydrogen) atoms. The minimum atomic E-state index is -1.12. The first kappa shape index (κ1) is 13.4. The zero-order valence-electron chi connectivity index (χ0n) is 8.96. The Morgan fingerprint density at radius 3 is 2.53 bits per heavy atom. The van der Waals surface area contributed by atoms with Crippen LogP contribution in [0.25, 0.3) is 0 Å². The van der Waals surface area contributed by atoms with Crippen LogP contribution in [0.3, 0.4) is 0 Å². The van der Waals surface area contributed by atoms with Crippen molar-refractivity contribution in [1.29, 1.82) is 0 Å². The molecule has 0 fully saturated rings.